The van der Waals surface area contributed by atoms with Crippen LogP contribution in [0.4, 0.5) is 4.79 Å². The van der Waals surface area contributed by atoms with E-state index in [1.54, 1.807) is 0 Å². The summed E-state index contributed by atoms with van der Waals surface area (Å²) in [5.41, 5.74) is -0.980. The van der Waals surface area contributed by atoms with Crippen LogP contribution in [-0.4, -0.2) is 29.3 Å². The third kappa shape index (κ3) is 2.70. The molecular formula is C16H26N2O3. The van der Waals surface area contributed by atoms with E-state index in [1.165, 1.54) is 4.90 Å². The zero-order valence-corrected chi connectivity index (χ0v) is 13.4. The van der Waals surface area contributed by atoms with Gasteiger partial charge in [-0.1, -0.05) is 40.5 Å². The number of barbiturate groups is 1. The number of carbonyl (C=O) groups is 3. The smallest absolute Gasteiger partial charge is 0.277 e. The summed E-state index contributed by atoms with van der Waals surface area (Å²) in [6, 6.07) is -0.547. The van der Waals surface area contributed by atoms with E-state index in [-0.39, 0.29) is 11.8 Å². The third-order valence-electron chi connectivity index (χ3n) is 5.12. The highest BCUT2D eigenvalue weighted by Gasteiger charge is 2.55. The number of urea groups is 1. The minimum absolute atomic E-state index is 0.242. The molecule has 5 heteroatoms. The van der Waals surface area contributed by atoms with E-state index in [1.807, 2.05) is 0 Å². The molecule has 1 spiro atoms. The molecule has 1 N–H and O–H groups in total. The monoisotopic (exact) mass is 294 g/mol. The second kappa shape index (κ2) is 5.78. The summed E-state index contributed by atoms with van der Waals surface area (Å²) in [5.74, 6) is 0.328. The van der Waals surface area contributed by atoms with Crippen LogP contribution < -0.4 is 5.32 Å². The summed E-state index contributed by atoms with van der Waals surface area (Å²) in [6.45, 7) is 8.82. The van der Waals surface area contributed by atoms with Gasteiger partial charge in [0.2, 0.25) is 11.8 Å². The lowest BCUT2D eigenvalue weighted by atomic mass is 9.80. The van der Waals surface area contributed by atoms with Crippen molar-refractivity contribution in [2.45, 2.75) is 53.4 Å². The number of amides is 4. The molecular weight excluding hydrogens is 268 g/mol. The third-order valence-corrected chi connectivity index (χ3v) is 5.12. The van der Waals surface area contributed by atoms with Gasteiger partial charge in [-0.15, -0.1) is 0 Å². The second-order valence-corrected chi connectivity index (χ2v) is 7.12. The Bertz CT molecular complexity index is 442. The van der Waals surface area contributed by atoms with E-state index < -0.39 is 17.4 Å². The fourth-order valence-corrected chi connectivity index (χ4v) is 3.72. The van der Waals surface area contributed by atoms with E-state index in [2.05, 4.69) is 33.0 Å². The van der Waals surface area contributed by atoms with Gasteiger partial charge in [-0.2, -0.15) is 0 Å². The van der Waals surface area contributed by atoms with E-state index in [9.17, 15) is 14.4 Å². The fraction of sp³-hybridized carbons (Fsp3) is 0.812. The van der Waals surface area contributed by atoms with E-state index in [0.29, 0.717) is 31.2 Å². The Morgan fingerprint density at radius 3 is 2.05 bits per heavy atom. The molecule has 4 amide bonds. The lowest BCUT2D eigenvalue weighted by Gasteiger charge is -2.39. The topological polar surface area (TPSA) is 66.5 Å². The summed E-state index contributed by atoms with van der Waals surface area (Å²) in [7, 11) is 0. The molecule has 0 aromatic heterocycles. The van der Waals surface area contributed by atoms with Gasteiger partial charge in [-0.3, -0.25) is 19.8 Å². The van der Waals surface area contributed by atoms with Gasteiger partial charge in [0.25, 0.3) is 0 Å². The first-order chi connectivity index (χ1) is 9.79. The molecule has 2 aliphatic rings. The van der Waals surface area contributed by atoms with Crippen molar-refractivity contribution in [3.05, 3.63) is 0 Å². The van der Waals surface area contributed by atoms with Gasteiger partial charge in [0.15, 0.2) is 0 Å². The number of hydrogen-bond donors (Lipinski definition) is 1. The Labute approximate surface area is 126 Å². The number of rotatable bonds is 4. The van der Waals surface area contributed by atoms with Crippen LogP contribution in [0.15, 0.2) is 0 Å². The predicted molar refractivity (Wildman–Crippen MR) is 79.3 cm³/mol. The van der Waals surface area contributed by atoms with Crippen LogP contribution in [0, 0.1) is 23.2 Å². The van der Waals surface area contributed by atoms with Crippen molar-refractivity contribution in [3.63, 3.8) is 0 Å². The van der Waals surface area contributed by atoms with E-state index >= 15 is 0 Å². The zero-order chi connectivity index (χ0) is 15.8. The van der Waals surface area contributed by atoms with Crippen molar-refractivity contribution < 1.29 is 14.4 Å². The second-order valence-electron chi connectivity index (χ2n) is 7.12. The molecule has 0 bridgehead atoms. The van der Waals surface area contributed by atoms with Crippen LogP contribution >= 0.6 is 0 Å². The molecule has 1 aliphatic carbocycles. The Kier molecular flexibility index (Phi) is 4.40. The molecule has 118 valence electrons. The van der Waals surface area contributed by atoms with Gasteiger partial charge in [-0.25, -0.2) is 4.79 Å². The Hall–Kier alpha value is -1.39. The number of nitrogens with one attached hydrogen (secondary N) is 1. The molecule has 2 rings (SSSR count). The summed E-state index contributed by atoms with van der Waals surface area (Å²) < 4.78 is 0. The van der Waals surface area contributed by atoms with Crippen LogP contribution in [0.1, 0.15) is 53.4 Å². The van der Waals surface area contributed by atoms with Crippen LogP contribution in [0.25, 0.3) is 0 Å². The highest BCUT2D eigenvalue weighted by molar-refractivity contribution is 6.19. The quantitative estimate of drug-likeness (QED) is 0.810. The lowest BCUT2D eigenvalue weighted by Crippen LogP contribution is -2.64. The predicted octanol–water partition coefficient (Wildman–Crippen LogP) is 2.55. The number of imide groups is 2. The number of nitrogens with zero attached hydrogens (tertiary/aromatic N) is 1. The minimum Gasteiger partial charge on any atom is -0.277 e. The van der Waals surface area contributed by atoms with Gasteiger partial charge in [0.05, 0.1) is 0 Å². The summed E-state index contributed by atoms with van der Waals surface area (Å²) in [4.78, 5) is 38.4. The molecule has 1 aliphatic heterocycles. The average molecular weight is 294 g/mol. The van der Waals surface area contributed by atoms with Gasteiger partial charge < -0.3 is 0 Å². The van der Waals surface area contributed by atoms with Crippen molar-refractivity contribution in [1.29, 1.82) is 0 Å². The molecule has 0 atom stereocenters. The average Bonchev–Trinajstić information content (AvgIpc) is 2.86. The highest BCUT2D eigenvalue weighted by atomic mass is 16.2. The molecule has 5 nitrogen and oxygen atoms in total. The summed E-state index contributed by atoms with van der Waals surface area (Å²) >= 11 is 0. The largest absolute Gasteiger partial charge is 0.330 e. The van der Waals surface area contributed by atoms with Gasteiger partial charge in [0, 0.05) is 6.54 Å². The van der Waals surface area contributed by atoms with Crippen molar-refractivity contribution in [2.75, 3.05) is 6.54 Å². The maximum atomic E-state index is 12.8. The molecule has 1 saturated carbocycles. The van der Waals surface area contributed by atoms with Gasteiger partial charge >= 0.3 is 6.03 Å². The molecule has 0 radical (unpaired) electrons. The van der Waals surface area contributed by atoms with Gasteiger partial charge in [-0.05, 0) is 30.6 Å². The van der Waals surface area contributed by atoms with Crippen molar-refractivity contribution in [3.8, 4) is 0 Å². The molecule has 2 fully saturated rings. The maximum Gasteiger partial charge on any atom is 0.330 e. The molecule has 21 heavy (non-hydrogen) atoms. The maximum absolute atomic E-state index is 12.8. The first kappa shape index (κ1) is 16.0. The standard InChI is InChI=1S/C16H26N2O3/c1-10(2)12(11(3)4)9-18-14(20)16(7-5-6-8-16)13(19)17-15(18)21/h10-12H,5-9H2,1-4H3,(H,17,19,21). The Morgan fingerprint density at radius 2 is 1.57 bits per heavy atom. The lowest BCUT2D eigenvalue weighted by molar-refractivity contribution is -0.151. The van der Waals surface area contributed by atoms with Crippen molar-refractivity contribution >= 4 is 17.8 Å². The van der Waals surface area contributed by atoms with Crippen molar-refractivity contribution in [2.24, 2.45) is 23.2 Å². The van der Waals surface area contributed by atoms with Gasteiger partial charge in [0.1, 0.15) is 5.41 Å². The van der Waals surface area contributed by atoms with Crippen LogP contribution in [0.5, 0.6) is 0 Å². The van der Waals surface area contributed by atoms with Crippen molar-refractivity contribution in [1.82, 2.24) is 10.2 Å². The van der Waals surface area contributed by atoms with Crippen LogP contribution in [-0.2, 0) is 9.59 Å². The van der Waals surface area contributed by atoms with Crippen LogP contribution in [0.2, 0.25) is 0 Å². The Morgan fingerprint density at radius 1 is 1.05 bits per heavy atom. The SMILES string of the molecule is CC(C)C(CN1C(=O)NC(=O)C2(CCCC2)C1=O)C(C)C. The first-order valence-electron chi connectivity index (χ1n) is 7.97. The fourth-order valence-electron chi connectivity index (χ4n) is 3.72. The molecule has 0 unspecified atom stereocenters. The highest BCUT2D eigenvalue weighted by Crippen LogP contribution is 2.42. The van der Waals surface area contributed by atoms with Crippen LogP contribution in [0.3, 0.4) is 0 Å². The Balaban J connectivity index is 2.24. The number of hydrogen-bond acceptors (Lipinski definition) is 3. The first-order valence-corrected chi connectivity index (χ1v) is 7.97. The van der Waals surface area contributed by atoms with E-state index in [0.717, 1.165) is 12.8 Å². The van der Waals surface area contributed by atoms with E-state index in [4.69, 9.17) is 0 Å². The minimum atomic E-state index is -0.980. The molecule has 1 saturated heterocycles. The molecule has 1 heterocycles. The molecule has 0 aromatic carbocycles. The zero-order valence-electron chi connectivity index (χ0n) is 13.4. The summed E-state index contributed by atoms with van der Waals surface area (Å²) in [5, 5.41) is 2.40. The summed E-state index contributed by atoms with van der Waals surface area (Å²) in [6.07, 6.45) is 2.88. The molecule has 0 aromatic rings. The normalized spacial score (nSPS) is 22.0. The number of carbonyl (C=O) groups excluding carboxylic acids is 3.